The Labute approximate surface area is 229 Å². The molecule has 0 amide bonds. The molecule has 4 aromatic carbocycles. The minimum Gasteiger partial charge on any atom is -0.495 e. The fourth-order valence-corrected chi connectivity index (χ4v) is 5.71. The van der Waals surface area contributed by atoms with Crippen LogP contribution in [0.2, 0.25) is 0 Å². The van der Waals surface area contributed by atoms with Gasteiger partial charge in [-0.15, -0.1) is 5.11 Å². The summed E-state index contributed by atoms with van der Waals surface area (Å²) in [5.41, 5.74) is 6.68. The molecule has 4 aromatic rings. The number of benzene rings is 4. The molecule has 0 atom stereocenters. The SMILES string of the molecule is COc1cc(N=Nc2cc(S(=O)(=O)O)cc3cc(S(=O)(=O)O)cc(OS(=O)(=O)c4ccccc4)c23)c(C)cc1N. The first kappa shape index (κ1) is 28.9. The Balaban J connectivity index is 2.04. The fraction of sp³-hybridized carbons (Fsp3) is 0.0833. The molecule has 0 aliphatic carbocycles. The molecule has 0 aliphatic heterocycles. The van der Waals surface area contributed by atoms with Crippen LogP contribution in [0.1, 0.15) is 5.56 Å². The number of methoxy groups -OCH3 is 1. The van der Waals surface area contributed by atoms with Crippen molar-refractivity contribution in [1.29, 1.82) is 0 Å². The molecule has 4 N–H and O–H groups in total. The highest BCUT2D eigenvalue weighted by atomic mass is 32.2. The number of fused-ring (bicyclic) bond motifs is 1. The van der Waals surface area contributed by atoms with Crippen LogP contribution in [0.15, 0.2) is 91.6 Å². The van der Waals surface area contributed by atoms with Gasteiger partial charge in [-0.05, 0) is 54.3 Å². The van der Waals surface area contributed by atoms with Gasteiger partial charge in [-0.1, -0.05) is 18.2 Å². The van der Waals surface area contributed by atoms with E-state index in [0.29, 0.717) is 11.3 Å². The molecule has 0 saturated heterocycles. The predicted molar refractivity (Wildman–Crippen MR) is 144 cm³/mol. The molecule has 210 valence electrons. The summed E-state index contributed by atoms with van der Waals surface area (Å²) in [7, 11) is -13.0. The van der Waals surface area contributed by atoms with Crippen LogP contribution in [-0.2, 0) is 30.4 Å². The minimum absolute atomic E-state index is 0.192. The van der Waals surface area contributed by atoms with Crippen LogP contribution < -0.4 is 14.7 Å². The van der Waals surface area contributed by atoms with Gasteiger partial charge in [-0.25, -0.2) is 0 Å². The second kappa shape index (κ2) is 10.5. The fourth-order valence-electron chi connectivity index (χ4n) is 3.69. The number of rotatable bonds is 8. The number of anilines is 1. The molecular weight excluding hydrogens is 586 g/mol. The van der Waals surface area contributed by atoms with Gasteiger partial charge in [0, 0.05) is 12.1 Å². The number of hydrogen-bond donors (Lipinski definition) is 3. The number of nitrogen functional groups attached to an aromatic ring is 1. The first-order valence-electron chi connectivity index (χ1n) is 11.0. The summed E-state index contributed by atoms with van der Waals surface area (Å²) in [6.45, 7) is 1.66. The highest BCUT2D eigenvalue weighted by Crippen LogP contribution is 2.41. The maximum absolute atomic E-state index is 13.0. The van der Waals surface area contributed by atoms with Crippen molar-refractivity contribution in [2.45, 2.75) is 21.6 Å². The summed E-state index contributed by atoms with van der Waals surface area (Å²) >= 11 is 0. The van der Waals surface area contributed by atoms with E-state index in [1.54, 1.807) is 19.1 Å². The topological polar surface area (TPSA) is 212 Å². The van der Waals surface area contributed by atoms with E-state index in [4.69, 9.17) is 14.7 Å². The van der Waals surface area contributed by atoms with Gasteiger partial charge in [0.15, 0.2) is 5.75 Å². The van der Waals surface area contributed by atoms with E-state index in [1.807, 2.05) is 0 Å². The van der Waals surface area contributed by atoms with E-state index in [2.05, 4.69) is 10.2 Å². The normalized spacial score (nSPS) is 12.6. The molecule has 16 heteroatoms. The summed E-state index contributed by atoms with van der Waals surface area (Å²) in [5.74, 6) is -0.344. The van der Waals surface area contributed by atoms with Gasteiger partial charge >= 0.3 is 10.1 Å². The average Bonchev–Trinajstić information content (AvgIpc) is 2.87. The van der Waals surface area contributed by atoms with Crippen molar-refractivity contribution < 1.29 is 43.3 Å². The minimum atomic E-state index is -4.94. The number of nitrogens with zero attached hydrogens (tertiary/aromatic N) is 2. The third kappa shape index (κ3) is 6.05. The molecule has 4 rings (SSSR count). The third-order valence-corrected chi connectivity index (χ3v) is 8.49. The van der Waals surface area contributed by atoms with Crippen molar-refractivity contribution in [1.82, 2.24) is 0 Å². The van der Waals surface area contributed by atoms with E-state index >= 15 is 0 Å². The lowest BCUT2D eigenvalue weighted by Crippen LogP contribution is -2.11. The summed E-state index contributed by atoms with van der Waals surface area (Å²) in [5, 5.41) is 7.72. The van der Waals surface area contributed by atoms with Crippen LogP contribution in [-0.4, -0.2) is 41.5 Å². The zero-order valence-corrected chi connectivity index (χ0v) is 23.2. The Morgan fingerprint density at radius 3 is 1.88 bits per heavy atom. The zero-order valence-electron chi connectivity index (χ0n) is 20.7. The maximum atomic E-state index is 13.0. The van der Waals surface area contributed by atoms with E-state index < -0.39 is 45.9 Å². The number of azo groups is 1. The first-order chi connectivity index (χ1) is 18.6. The summed E-state index contributed by atoms with van der Waals surface area (Å²) in [6.07, 6.45) is 0. The monoisotopic (exact) mass is 607 g/mol. The first-order valence-corrected chi connectivity index (χ1v) is 15.3. The van der Waals surface area contributed by atoms with Crippen molar-refractivity contribution in [3.8, 4) is 11.5 Å². The Morgan fingerprint density at radius 1 is 0.725 bits per heavy atom. The standard InChI is InChI=1S/C24H21N3O10S3/c1-14-8-19(25)22(36-2)13-20(14)26-27-21-11-17(38(28,29)30)9-15-10-18(39(31,32)33)12-23(24(15)21)37-40(34,35)16-6-4-3-5-7-16/h3-13H,25H2,1-2H3,(H,28,29,30)(H,31,32,33). The quantitative estimate of drug-likeness (QED) is 0.110. The molecule has 0 bridgehead atoms. The van der Waals surface area contributed by atoms with Crippen molar-refractivity contribution in [2.24, 2.45) is 10.2 Å². The van der Waals surface area contributed by atoms with Gasteiger partial charge in [-0.3, -0.25) is 9.11 Å². The predicted octanol–water partition coefficient (Wildman–Crippen LogP) is 4.42. The molecule has 13 nitrogen and oxygen atoms in total. The highest BCUT2D eigenvalue weighted by Gasteiger charge is 2.24. The van der Waals surface area contributed by atoms with Gasteiger partial charge < -0.3 is 14.7 Å². The number of aryl methyl sites for hydroxylation is 1. The molecule has 40 heavy (non-hydrogen) atoms. The Morgan fingerprint density at radius 2 is 1.30 bits per heavy atom. The van der Waals surface area contributed by atoms with E-state index in [0.717, 1.165) is 24.3 Å². The lowest BCUT2D eigenvalue weighted by molar-refractivity contribution is 0.417. The molecule has 0 aromatic heterocycles. The lowest BCUT2D eigenvalue weighted by Gasteiger charge is -2.14. The van der Waals surface area contributed by atoms with Crippen molar-refractivity contribution in [3.63, 3.8) is 0 Å². The molecule has 0 unspecified atom stereocenters. The smallest absolute Gasteiger partial charge is 0.339 e. The third-order valence-electron chi connectivity index (χ3n) is 5.58. The summed E-state index contributed by atoms with van der Waals surface area (Å²) < 4.78 is 104. The molecule has 0 saturated carbocycles. The lowest BCUT2D eigenvalue weighted by atomic mass is 10.1. The Kier molecular flexibility index (Phi) is 7.57. The number of hydrogen-bond acceptors (Lipinski definition) is 11. The van der Waals surface area contributed by atoms with Gasteiger partial charge in [-0.2, -0.15) is 30.4 Å². The largest absolute Gasteiger partial charge is 0.495 e. The van der Waals surface area contributed by atoms with Gasteiger partial charge in [0.2, 0.25) is 0 Å². The van der Waals surface area contributed by atoms with E-state index in [-0.39, 0.29) is 32.8 Å². The molecule has 0 spiro atoms. The van der Waals surface area contributed by atoms with Crippen LogP contribution in [0, 0.1) is 6.92 Å². The Bertz CT molecular complexity index is 1990. The average molecular weight is 608 g/mol. The van der Waals surface area contributed by atoms with Crippen LogP contribution in [0.5, 0.6) is 11.5 Å². The summed E-state index contributed by atoms with van der Waals surface area (Å²) in [6, 6.07) is 13.3. The summed E-state index contributed by atoms with van der Waals surface area (Å²) in [4.78, 5) is -1.81. The second-order valence-corrected chi connectivity index (χ2v) is 12.7. The van der Waals surface area contributed by atoms with Crippen LogP contribution in [0.25, 0.3) is 10.8 Å². The Hall–Kier alpha value is -4.09. The van der Waals surface area contributed by atoms with Crippen LogP contribution in [0.4, 0.5) is 17.1 Å². The molecule has 0 fully saturated rings. The molecule has 0 heterocycles. The van der Waals surface area contributed by atoms with Gasteiger partial charge in [0.1, 0.15) is 10.6 Å². The highest BCUT2D eigenvalue weighted by molar-refractivity contribution is 7.87. The number of ether oxygens (including phenoxy) is 1. The van der Waals surface area contributed by atoms with Crippen molar-refractivity contribution in [3.05, 3.63) is 72.3 Å². The van der Waals surface area contributed by atoms with Crippen molar-refractivity contribution in [2.75, 3.05) is 12.8 Å². The van der Waals surface area contributed by atoms with Crippen molar-refractivity contribution >= 4 is 58.2 Å². The second-order valence-electron chi connectivity index (χ2n) is 8.34. The van der Waals surface area contributed by atoms with Gasteiger partial charge in [0.25, 0.3) is 20.2 Å². The van der Waals surface area contributed by atoms with E-state index in [9.17, 15) is 34.4 Å². The van der Waals surface area contributed by atoms with E-state index in [1.165, 1.54) is 37.4 Å². The molecule has 0 aliphatic rings. The number of nitrogens with two attached hydrogens (primary N) is 1. The molecule has 0 radical (unpaired) electrons. The molecular formula is C24H21N3O10S3. The maximum Gasteiger partial charge on any atom is 0.339 e. The van der Waals surface area contributed by atoms with Crippen LogP contribution in [0.3, 0.4) is 0 Å². The zero-order chi connectivity index (χ0) is 29.5. The van der Waals surface area contributed by atoms with Crippen LogP contribution >= 0.6 is 0 Å². The van der Waals surface area contributed by atoms with Gasteiger partial charge in [0.05, 0.1) is 39.3 Å².